The number of ether oxygens (including phenoxy) is 1. The van der Waals surface area contributed by atoms with E-state index >= 15 is 0 Å². The lowest BCUT2D eigenvalue weighted by molar-refractivity contribution is -0.274. The predicted molar refractivity (Wildman–Crippen MR) is 144 cm³/mol. The van der Waals surface area contributed by atoms with Crippen molar-refractivity contribution in [1.82, 2.24) is 30.1 Å². The number of nitrogens with zero attached hydrogens (tertiary/aromatic N) is 4. The Morgan fingerprint density at radius 2 is 1.95 bits per heavy atom. The van der Waals surface area contributed by atoms with Crippen LogP contribution in [0, 0.1) is 0 Å². The molecule has 1 aliphatic heterocycles. The molecule has 1 saturated heterocycles. The molecule has 0 radical (unpaired) electrons. The van der Waals surface area contributed by atoms with Gasteiger partial charge in [0.05, 0.1) is 27.8 Å². The number of imidazole rings is 1. The smallest absolute Gasteiger partial charge is 0.406 e. The summed E-state index contributed by atoms with van der Waals surface area (Å²) in [7, 11) is 3.65. The second-order valence-corrected chi connectivity index (χ2v) is 9.85. The second-order valence-electron chi connectivity index (χ2n) is 8.82. The Balaban J connectivity index is 0.00000353. The van der Waals surface area contributed by atoms with E-state index in [9.17, 15) is 22.8 Å². The van der Waals surface area contributed by atoms with E-state index in [2.05, 4.69) is 30.7 Å². The molecule has 3 N–H and O–H groups in total. The van der Waals surface area contributed by atoms with Crippen molar-refractivity contribution in [3.63, 3.8) is 0 Å². The summed E-state index contributed by atoms with van der Waals surface area (Å²) in [5.74, 6) is -0.396. The van der Waals surface area contributed by atoms with Gasteiger partial charge in [0, 0.05) is 37.8 Å². The van der Waals surface area contributed by atoms with Crippen molar-refractivity contribution in [3.8, 4) is 5.75 Å². The van der Waals surface area contributed by atoms with Gasteiger partial charge in [-0.25, -0.2) is 9.97 Å². The lowest BCUT2D eigenvalue weighted by atomic mass is 10.2. The number of amides is 2. The zero-order valence-electron chi connectivity index (χ0n) is 20.8. The van der Waals surface area contributed by atoms with E-state index in [0.717, 1.165) is 23.3 Å². The van der Waals surface area contributed by atoms with Gasteiger partial charge in [-0.05, 0) is 43.8 Å². The zero-order valence-corrected chi connectivity index (χ0v) is 22.5. The summed E-state index contributed by atoms with van der Waals surface area (Å²) in [5, 5.41) is 9.35. The van der Waals surface area contributed by atoms with E-state index in [-0.39, 0.29) is 42.6 Å². The van der Waals surface area contributed by atoms with Crippen LogP contribution in [0.25, 0.3) is 21.3 Å². The van der Waals surface area contributed by atoms with E-state index < -0.39 is 6.36 Å². The number of nitrogens with one attached hydrogen (secondary N) is 3. The van der Waals surface area contributed by atoms with E-state index in [1.54, 1.807) is 34.7 Å². The topological polar surface area (TPSA) is 113 Å². The van der Waals surface area contributed by atoms with Crippen LogP contribution in [0.2, 0.25) is 0 Å². The van der Waals surface area contributed by atoms with Crippen LogP contribution in [0.15, 0.2) is 36.4 Å². The Bertz CT molecular complexity index is 1520. The summed E-state index contributed by atoms with van der Waals surface area (Å²) in [6.07, 6.45) is -3.89. The quantitative estimate of drug-likeness (QED) is 0.303. The van der Waals surface area contributed by atoms with Crippen molar-refractivity contribution in [1.29, 1.82) is 0 Å². The summed E-state index contributed by atoms with van der Waals surface area (Å²) in [4.78, 5) is 35.8. The summed E-state index contributed by atoms with van der Waals surface area (Å²) in [6.45, 7) is 1.20. The van der Waals surface area contributed by atoms with Crippen molar-refractivity contribution in [2.75, 3.05) is 32.0 Å². The number of carbonyl (C=O) groups excluding carboxylic acids is 2. The number of alkyl halides is 3. The molecule has 1 fully saturated rings. The number of fused-ring (bicyclic) bond motifs is 2. The van der Waals surface area contributed by atoms with Crippen LogP contribution in [-0.2, 0) is 11.8 Å². The van der Waals surface area contributed by atoms with Gasteiger partial charge in [0.15, 0.2) is 5.13 Å². The average molecular weight is 584 g/mol. The molecule has 15 heteroatoms. The summed E-state index contributed by atoms with van der Waals surface area (Å²) >= 11 is 1.15. The lowest BCUT2D eigenvalue weighted by Crippen LogP contribution is -2.40. The highest BCUT2D eigenvalue weighted by atomic mass is 35.5. The number of carbonyl (C=O) groups is 2. The average Bonchev–Trinajstić information content (AvgIpc) is 3.58. The molecule has 0 saturated carbocycles. The van der Waals surface area contributed by atoms with Crippen LogP contribution in [0.5, 0.6) is 5.75 Å². The Hall–Kier alpha value is -3.62. The summed E-state index contributed by atoms with van der Waals surface area (Å²) < 4.78 is 43.8. The van der Waals surface area contributed by atoms with Gasteiger partial charge in [0.25, 0.3) is 5.91 Å². The Labute approximate surface area is 230 Å². The first-order valence-electron chi connectivity index (χ1n) is 11.7. The summed E-state index contributed by atoms with van der Waals surface area (Å²) in [6, 6.07) is 9.24. The van der Waals surface area contributed by atoms with Gasteiger partial charge in [0.2, 0.25) is 11.9 Å². The number of likely N-dealkylation sites (tertiary alicyclic amines) is 1. The second kappa shape index (κ2) is 11.2. The largest absolute Gasteiger partial charge is 0.573 e. The van der Waals surface area contributed by atoms with Crippen molar-refractivity contribution in [3.05, 3.63) is 42.0 Å². The number of aromatic nitrogens is 3. The van der Waals surface area contributed by atoms with Gasteiger partial charge in [0.1, 0.15) is 5.75 Å². The molecule has 10 nitrogen and oxygen atoms in total. The maximum atomic E-state index is 12.7. The van der Waals surface area contributed by atoms with Gasteiger partial charge < -0.3 is 30.2 Å². The monoisotopic (exact) mass is 583 g/mol. The molecule has 3 heterocycles. The lowest BCUT2D eigenvalue weighted by Gasteiger charge is -2.16. The third-order valence-electron chi connectivity index (χ3n) is 6.30. The third kappa shape index (κ3) is 6.34. The van der Waals surface area contributed by atoms with E-state index in [1.165, 1.54) is 18.2 Å². The molecule has 1 atom stereocenters. The molecule has 2 aromatic carbocycles. The molecule has 0 bridgehead atoms. The molecule has 0 unspecified atom stereocenters. The number of halogens is 4. The third-order valence-corrected chi connectivity index (χ3v) is 7.24. The number of benzene rings is 2. The Kier molecular flexibility index (Phi) is 8.18. The number of hydrogen-bond donors (Lipinski definition) is 3. The molecule has 2 aromatic heterocycles. The number of aryl methyl sites for hydroxylation is 1. The SMILES string of the molecule is CN[C@H]1CCN(C(=O)CNC(=O)c2ccc3c(c2)nc(Nc2nc4ccc(OC(F)(F)F)cc4s2)n3C)C1.Cl. The molecular formula is C24H25ClF3N7O3S. The minimum absolute atomic E-state index is 0. The van der Waals surface area contributed by atoms with Crippen LogP contribution in [-0.4, -0.2) is 70.3 Å². The van der Waals surface area contributed by atoms with E-state index in [0.29, 0.717) is 45.5 Å². The van der Waals surface area contributed by atoms with Crippen molar-refractivity contribution in [2.45, 2.75) is 18.8 Å². The Morgan fingerprint density at radius 3 is 2.67 bits per heavy atom. The molecule has 5 rings (SSSR count). The highest BCUT2D eigenvalue weighted by Gasteiger charge is 2.31. The number of likely N-dealkylation sites (N-methyl/N-ethyl adjacent to an activating group) is 1. The minimum Gasteiger partial charge on any atom is -0.406 e. The van der Waals surface area contributed by atoms with Gasteiger partial charge >= 0.3 is 6.36 Å². The van der Waals surface area contributed by atoms with Gasteiger partial charge in [-0.15, -0.1) is 25.6 Å². The highest BCUT2D eigenvalue weighted by Crippen LogP contribution is 2.33. The first kappa shape index (κ1) is 28.4. The molecule has 208 valence electrons. The summed E-state index contributed by atoms with van der Waals surface area (Å²) in [5.41, 5.74) is 2.17. The number of anilines is 2. The highest BCUT2D eigenvalue weighted by molar-refractivity contribution is 7.22. The van der Waals surface area contributed by atoms with Crippen LogP contribution in [0.4, 0.5) is 24.3 Å². The standard InChI is InChI=1S/C24H24F3N7O3S.ClH/c1-28-14-7-8-34(12-14)20(35)11-29-21(36)13-3-6-18-17(9-13)30-22(33(18)2)32-23-31-16-5-4-15(10-19(16)38-23)37-24(25,26)27;/h3-6,9-10,14,28H,7-8,11-12H2,1-2H3,(H,29,36)(H,30,31,32);1H/t14-;/m0./s1. The maximum absolute atomic E-state index is 12.7. The Morgan fingerprint density at radius 1 is 1.15 bits per heavy atom. The minimum atomic E-state index is -4.78. The molecule has 0 aliphatic carbocycles. The number of thiazole rings is 1. The number of hydrogen-bond acceptors (Lipinski definition) is 8. The van der Waals surface area contributed by atoms with Gasteiger partial charge in [-0.3, -0.25) is 9.59 Å². The van der Waals surface area contributed by atoms with Crippen LogP contribution in [0.1, 0.15) is 16.8 Å². The molecular weight excluding hydrogens is 559 g/mol. The first-order valence-corrected chi connectivity index (χ1v) is 12.5. The normalized spacial score (nSPS) is 15.4. The van der Waals surface area contributed by atoms with E-state index in [1.807, 2.05) is 7.05 Å². The van der Waals surface area contributed by atoms with Crippen LogP contribution in [0.3, 0.4) is 0 Å². The molecule has 4 aromatic rings. The van der Waals surface area contributed by atoms with Crippen molar-refractivity contribution < 1.29 is 27.5 Å². The fourth-order valence-corrected chi connectivity index (χ4v) is 5.18. The fraction of sp³-hybridized carbons (Fsp3) is 0.333. The maximum Gasteiger partial charge on any atom is 0.573 e. The van der Waals surface area contributed by atoms with Crippen LogP contribution >= 0.6 is 23.7 Å². The van der Waals surface area contributed by atoms with Gasteiger partial charge in [-0.2, -0.15) is 0 Å². The van der Waals surface area contributed by atoms with Crippen molar-refractivity contribution in [2.24, 2.45) is 7.05 Å². The van der Waals surface area contributed by atoms with E-state index in [4.69, 9.17) is 0 Å². The van der Waals surface area contributed by atoms with Gasteiger partial charge in [-0.1, -0.05) is 11.3 Å². The molecule has 0 spiro atoms. The molecule has 1 aliphatic rings. The zero-order chi connectivity index (χ0) is 27.0. The van der Waals surface area contributed by atoms with Crippen LogP contribution < -0.4 is 20.7 Å². The first-order chi connectivity index (χ1) is 18.1. The molecule has 39 heavy (non-hydrogen) atoms. The van der Waals surface area contributed by atoms with Crippen molar-refractivity contribution >= 4 is 67.9 Å². The molecule has 2 amide bonds. The fourth-order valence-electron chi connectivity index (χ4n) is 4.30. The number of rotatable bonds is 7. The predicted octanol–water partition coefficient (Wildman–Crippen LogP) is 3.80.